The van der Waals surface area contributed by atoms with E-state index in [0.29, 0.717) is 6.54 Å². The van der Waals surface area contributed by atoms with E-state index in [9.17, 15) is 9.90 Å². The molecule has 0 bridgehead atoms. The fourth-order valence-corrected chi connectivity index (χ4v) is 2.17. The Balaban J connectivity index is 3.85. The number of nitrogens with one attached hydrogen (secondary N) is 1. The molecule has 0 aliphatic rings. The minimum atomic E-state index is -0.501. The molecular weight excluding hydrogens is 234 g/mol. The highest BCUT2D eigenvalue weighted by Crippen LogP contribution is 2.18. The van der Waals surface area contributed by atoms with Crippen LogP contribution in [0, 0.1) is 5.41 Å². The van der Waals surface area contributed by atoms with Crippen molar-refractivity contribution < 1.29 is 9.90 Å². The number of thioether (sulfide) groups is 1. The highest BCUT2D eigenvalue weighted by molar-refractivity contribution is 8.00. The van der Waals surface area contributed by atoms with Crippen LogP contribution in [0.4, 0.5) is 0 Å². The predicted octanol–water partition coefficient (Wildman–Crippen LogP) is 2.43. The van der Waals surface area contributed by atoms with E-state index in [4.69, 9.17) is 0 Å². The van der Waals surface area contributed by atoms with Gasteiger partial charge < -0.3 is 10.4 Å². The topological polar surface area (TPSA) is 49.3 Å². The number of hydrogen-bond donors (Lipinski definition) is 2. The molecule has 0 rings (SSSR count). The van der Waals surface area contributed by atoms with E-state index in [0.717, 1.165) is 18.6 Å². The van der Waals surface area contributed by atoms with Gasteiger partial charge in [0.25, 0.3) is 0 Å². The van der Waals surface area contributed by atoms with Gasteiger partial charge in [-0.25, -0.2) is 0 Å². The zero-order chi connectivity index (χ0) is 13.5. The van der Waals surface area contributed by atoms with Gasteiger partial charge in [-0.2, -0.15) is 0 Å². The van der Waals surface area contributed by atoms with Crippen molar-refractivity contribution >= 4 is 17.7 Å². The van der Waals surface area contributed by atoms with Crippen LogP contribution >= 0.6 is 11.8 Å². The molecule has 0 fully saturated rings. The van der Waals surface area contributed by atoms with Crippen molar-refractivity contribution in [2.75, 3.05) is 12.3 Å². The van der Waals surface area contributed by atoms with Crippen molar-refractivity contribution in [2.24, 2.45) is 5.41 Å². The van der Waals surface area contributed by atoms with Gasteiger partial charge in [0.15, 0.2) is 0 Å². The summed E-state index contributed by atoms with van der Waals surface area (Å²) in [7, 11) is 0. The molecule has 0 spiro atoms. The molecule has 0 aromatic carbocycles. The first kappa shape index (κ1) is 16.8. The molecule has 0 aromatic rings. The molecule has 0 saturated carbocycles. The van der Waals surface area contributed by atoms with Crippen LogP contribution in [0.1, 0.15) is 47.5 Å². The van der Waals surface area contributed by atoms with E-state index >= 15 is 0 Å². The van der Waals surface area contributed by atoms with Crippen molar-refractivity contribution in [3.05, 3.63) is 0 Å². The molecule has 17 heavy (non-hydrogen) atoms. The summed E-state index contributed by atoms with van der Waals surface area (Å²) < 4.78 is 0. The third-order valence-electron chi connectivity index (χ3n) is 2.70. The second-order valence-electron chi connectivity index (χ2n) is 5.49. The summed E-state index contributed by atoms with van der Waals surface area (Å²) in [5, 5.41) is 12.6. The summed E-state index contributed by atoms with van der Waals surface area (Å²) in [6.07, 6.45) is 1.80. The zero-order valence-electron chi connectivity index (χ0n) is 11.7. The van der Waals surface area contributed by atoms with E-state index < -0.39 is 6.10 Å². The highest BCUT2D eigenvalue weighted by Gasteiger charge is 2.23. The number of carbonyl (C=O) groups excluding carboxylic acids is 1. The molecule has 3 nitrogen and oxygen atoms in total. The Bertz CT molecular complexity index is 226. The standard InChI is InChI=1S/C13H27NO2S/c1-6-7-8-17-10(2)12(16)14-9-11(15)13(3,4)5/h10-11,15H,6-9H2,1-5H3,(H,14,16). The normalized spacial score (nSPS) is 15.4. The smallest absolute Gasteiger partial charge is 0.232 e. The first-order valence-corrected chi connectivity index (χ1v) is 7.41. The van der Waals surface area contributed by atoms with E-state index in [2.05, 4.69) is 12.2 Å². The third kappa shape index (κ3) is 7.66. The number of amides is 1. The van der Waals surface area contributed by atoms with Crippen LogP contribution in [0.15, 0.2) is 0 Å². The summed E-state index contributed by atoms with van der Waals surface area (Å²) in [5.74, 6) is 1.04. The summed E-state index contributed by atoms with van der Waals surface area (Å²) in [6, 6.07) is 0. The summed E-state index contributed by atoms with van der Waals surface area (Å²) in [6.45, 7) is 10.3. The lowest BCUT2D eigenvalue weighted by Crippen LogP contribution is -2.41. The molecule has 0 heterocycles. The number of rotatable bonds is 7. The summed E-state index contributed by atoms with van der Waals surface area (Å²) in [5.41, 5.74) is -0.189. The van der Waals surface area contributed by atoms with Crippen LogP contribution in [0.3, 0.4) is 0 Å². The van der Waals surface area contributed by atoms with Crippen molar-refractivity contribution in [2.45, 2.75) is 58.8 Å². The minimum absolute atomic E-state index is 0.0226. The molecule has 2 unspecified atom stereocenters. The second kappa shape index (κ2) is 7.98. The second-order valence-corrected chi connectivity index (χ2v) is 6.94. The Labute approximate surface area is 110 Å². The minimum Gasteiger partial charge on any atom is -0.391 e. The number of aliphatic hydroxyl groups excluding tert-OH is 1. The number of carbonyl (C=O) groups is 1. The third-order valence-corrected chi connectivity index (χ3v) is 3.94. The highest BCUT2D eigenvalue weighted by atomic mass is 32.2. The molecule has 0 radical (unpaired) electrons. The number of aliphatic hydroxyl groups is 1. The van der Waals surface area contributed by atoms with Gasteiger partial charge in [-0.3, -0.25) is 4.79 Å². The Morgan fingerprint density at radius 3 is 2.47 bits per heavy atom. The van der Waals surface area contributed by atoms with Gasteiger partial charge in [0.2, 0.25) is 5.91 Å². The van der Waals surface area contributed by atoms with Crippen molar-refractivity contribution in [3.8, 4) is 0 Å². The molecule has 0 aliphatic heterocycles. The lowest BCUT2D eigenvalue weighted by atomic mass is 9.89. The van der Waals surface area contributed by atoms with Crippen molar-refractivity contribution in [1.29, 1.82) is 0 Å². The Hall–Kier alpha value is -0.220. The summed E-state index contributed by atoms with van der Waals surface area (Å²) in [4.78, 5) is 11.7. The lowest BCUT2D eigenvalue weighted by molar-refractivity contribution is -0.121. The fourth-order valence-electron chi connectivity index (χ4n) is 1.13. The average molecular weight is 261 g/mol. The van der Waals surface area contributed by atoms with Gasteiger partial charge in [-0.15, -0.1) is 11.8 Å². The maximum absolute atomic E-state index is 11.7. The quantitative estimate of drug-likeness (QED) is 0.692. The van der Waals surface area contributed by atoms with Gasteiger partial charge in [0.05, 0.1) is 11.4 Å². The van der Waals surface area contributed by atoms with Crippen molar-refractivity contribution in [1.82, 2.24) is 5.32 Å². The van der Waals surface area contributed by atoms with E-state index in [1.54, 1.807) is 11.8 Å². The molecule has 102 valence electrons. The molecule has 2 N–H and O–H groups in total. The predicted molar refractivity (Wildman–Crippen MR) is 75.3 cm³/mol. The molecule has 0 aliphatic carbocycles. The number of unbranched alkanes of at least 4 members (excludes halogenated alkanes) is 1. The monoisotopic (exact) mass is 261 g/mol. The molecular formula is C13H27NO2S. The van der Waals surface area contributed by atoms with Gasteiger partial charge in [-0.1, -0.05) is 34.1 Å². The van der Waals surface area contributed by atoms with Gasteiger partial charge >= 0.3 is 0 Å². The first-order valence-electron chi connectivity index (χ1n) is 6.36. The van der Waals surface area contributed by atoms with Crippen LogP contribution < -0.4 is 5.32 Å². The zero-order valence-corrected chi connectivity index (χ0v) is 12.6. The van der Waals surface area contributed by atoms with Crippen LogP contribution in [0.5, 0.6) is 0 Å². The Morgan fingerprint density at radius 1 is 1.41 bits per heavy atom. The molecule has 0 saturated heterocycles. The Morgan fingerprint density at radius 2 is 2.00 bits per heavy atom. The maximum atomic E-state index is 11.7. The Kier molecular flexibility index (Phi) is 7.88. The molecule has 4 heteroatoms. The SMILES string of the molecule is CCCCSC(C)C(=O)NCC(O)C(C)(C)C. The largest absolute Gasteiger partial charge is 0.391 e. The average Bonchev–Trinajstić information content (AvgIpc) is 2.24. The van der Waals surface area contributed by atoms with E-state index in [-0.39, 0.29) is 16.6 Å². The first-order chi connectivity index (χ1) is 7.79. The molecule has 0 aromatic heterocycles. The number of hydrogen-bond acceptors (Lipinski definition) is 3. The van der Waals surface area contributed by atoms with Crippen LogP contribution in [0.2, 0.25) is 0 Å². The van der Waals surface area contributed by atoms with Gasteiger partial charge in [-0.05, 0) is 24.5 Å². The lowest BCUT2D eigenvalue weighted by Gasteiger charge is -2.26. The molecule has 1 amide bonds. The molecule has 2 atom stereocenters. The van der Waals surface area contributed by atoms with Crippen molar-refractivity contribution in [3.63, 3.8) is 0 Å². The van der Waals surface area contributed by atoms with E-state index in [1.807, 2.05) is 27.7 Å². The maximum Gasteiger partial charge on any atom is 0.232 e. The van der Waals surface area contributed by atoms with Crippen LogP contribution in [-0.2, 0) is 4.79 Å². The van der Waals surface area contributed by atoms with Gasteiger partial charge in [0.1, 0.15) is 0 Å². The van der Waals surface area contributed by atoms with Crippen LogP contribution in [0.25, 0.3) is 0 Å². The van der Waals surface area contributed by atoms with Crippen LogP contribution in [-0.4, -0.2) is 34.7 Å². The summed E-state index contributed by atoms with van der Waals surface area (Å²) >= 11 is 1.67. The fraction of sp³-hybridized carbons (Fsp3) is 0.923. The van der Waals surface area contributed by atoms with E-state index in [1.165, 1.54) is 0 Å². The van der Waals surface area contributed by atoms with Gasteiger partial charge in [0, 0.05) is 6.54 Å².